The lowest BCUT2D eigenvalue weighted by molar-refractivity contribution is -0.00000808. The molecule has 6 nitrogen and oxygen atoms in total. The quantitative estimate of drug-likeness (QED) is 0.213. The Hall–Kier alpha value is 0.480. The first-order valence-electron chi connectivity index (χ1n) is 13.0. The number of halogens is 1. The van der Waals surface area contributed by atoms with Crippen molar-refractivity contribution in [1.82, 2.24) is 18.7 Å². The third-order valence-electron chi connectivity index (χ3n) is 6.03. The van der Waals surface area contributed by atoms with Gasteiger partial charge in [-0.3, -0.25) is 0 Å². The lowest BCUT2D eigenvalue weighted by Crippen LogP contribution is -3.00. The minimum absolute atomic E-state index is 0. The summed E-state index contributed by atoms with van der Waals surface area (Å²) >= 11 is 0. The summed E-state index contributed by atoms with van der Waals surface area (Å²) in [6.45, 7) is 24.1. The van der Waals surface area contributed by atoms with Gasteiger partial charge >= 0.3 is 7.87 Å². The second kappa shape index (κ2) is 22.0. The van der Waals surface area contributed by atoms with Crippen LogP contribution in [0.5, 0.6) is 0 Å². The Bertz CT molecular complexity index is 361. The lowest BCUT2D eigenvalue weighted by Gasteiger charge is -2.51. The van der Waals surface area contributed by atoms with Crippen LogP contribution in [0.1, 0.15) is 80.1 Å². The zero-order valence-electron chi connectivity index (χ0n) is 22.7. The molecule has 0 fully saturated rings. The van der Waals surface area contributed by atoms with Crippen LogP contribution in [0.3, 0.4) is 0 Å². The molecule has 0 aromatic carbocycles. The molecule has 8 heteroatoms. The summed E-state index contributed by atoms with van der Waals surface area (Å²) in [7, 11) is 1.74. The van der Waals surface area contributed by atoms with Crippen LogP contribution in [0, 0.1) is 0 Å². The van der Waals surface area contributed by atoms with Gasteiger partial charge in [0.15, 0.2) is 0 Å². The minimum atomic E-state index is -1.91. The molecule has 0 aliphatic carbocycles. The highest BCUT2D eigenvalue weighted by molar-refractivity contribution is 7.66. The maximum absolute atomic E-state index is 5.61. The van der Waals surface area contributed by atoms with E-state index < -0.39 is 7.87 Å². The van der Waals surface area contributed by atoms with Crippen LogP contribution in [0.2, 0.25) is 0 Å². The van der Waals surface area contributed by atoms with Gasteiger partial charge in [0.2, 0.25) is 0 Å². The van der Waals surface area contributed by atoms with Crippen molar-refractivity contribution >= 4 is 7.87 Å². The Kier molecular flexibility index (Phi) is 23.8. The molecule has 0 bridgehead atoms. The summed E-state index contributed by atoms with van der Waals surface area (Å²) in [5.74, 6) is 0. The second-order valence-electron chi connectivity index (χ2n) is 8.18. The van der Waals surface area contributed by atoms with E-state index in [1.807, 2.05) is 14.2 Å². The van der Waals surface area contributed by atoms with Crippen LogP contribution in [0.25, 0.3) is 0 Å². The first-order valence-corrected chi connectivity index (χ1v) is 14.6. The highest BCUT2D eigenvalue weighted by atomic mass is 35.5. The largest absolute Gasteiger partial charge is 1.00 e. The van der Waals surface area contributed by atoms with Crippen molar-refractivity contribution in [2.45, 2.75) is 80.1 Å². The molecular weight excluding hydrogens is 443 g/mol. The normalized spacial score (nSPS) is 12.4. The van der Waals surface area contributed by atoms with Crippen molar-refractivity contribution in [2.24, 2.45) is 0 Å². The van der Waals surface area contributed by atoms with Crippen LogP contribution >= 0.6 is 7.87 Å². The van der Waals surface area contributed by atoms with Gasteiger partial charge in [-0.05, 0) is 40.0 Å². The van der Waals surface area contributed by atoms with Crippen LogP contribution < -0.4 is 12.4 Å². The number of nitrogens with zero attached hydrogens (tertiary/aromatic N) is 4. The monoisotopic (exact) mass is 498 g/mol. The predicted molar refractivity (Wildman–Crippen MR) is 139 cm³/mol. The average Bonchev–Trinajstić information content (AvgIpc) is 2.79. The van der Waals surface area contributed by atoms with Gasteiger partial charge in [0.25, 0.3) is 0 Å². The van der Waals surface area contributed by atoms with Crippen LogP contribution in [-0.2, 0) is 9.47 Å². The highest BCUT2D eigenvalue weighted by Gasteiger charge is 2.59. The van der Waals surface area contributed by atoms with Crippen molar-refractivity contribution in [3.05, 3.63) is 0 Å². The molecule has 0 aliphatic heterocycles. The molecule has 0 saturated carbocycles. The topological polar surface area (TPSA) is 31.4 Å². The van der Waals surface area contributed by atoms with Crippen molar-refractivity contribution in [3.8, 4) is 0 Å². The van der Waals surface area contributed by atoms with E-state index in [9.17, 15) is 0 Å². The molecule has 0 radical (unpaired) electrons. The Morgan fingerprint density at radius 2 is 0.812 bits per heavy atom. The van der Waals surface area contributed by atoms with E-state index in [2.05, 4.69) is 60.2 Å². The lowest BCUT2D eigenvalue weighted by atomic mass is 10.3. The van der Waals surface area contributed by atoms with Crippen LogP contribution in [-0.4, -0.2) is 98.5 Å². The predicted octanol–water partition coefficient (Wildman–Crippen LogP) is 2.63. The molecule has 0 aliphatic rings. The molecule has 0 unspecified atom stereocenters. The van der Waals surface area contributed by atoms with Gasteiger partial charge in [-0.1, -0.05) is 40.0 Å². The van der Waals surface area contributed by atoms with Crippen molar-refractivity contribution in [1.29, 1.82) is 0 Å². The van der Waals surface area contributed by atoms with Crippen molar-refractivity contribution in [2.75, 3.05) is 79.8 Å². The number of rotatable bonds is 22. The zero-order valence-corrected chi connectivity index (χ0v) is 24.4. The third-order valence-corrected chi connectivity index (χ3v) is 10.9. The minimum Gasteiger partial charge on any atom is -1.00 e. The van der Waals surface area contributed by atoms with E-state index in [-0.39, 0.29) is 12.4 Å². The molecule has 0 spiro atoms. The molecule has 0 N–H and O–H groups in total. The number of unbranched alkanes of at least 4 members (excludes halogenated alkanes) is 3. The van der Waals surface area contributed by atoms with Gasteiger partial charge < -0.3 is 21.9 Å². The summed E-state index contributed by atoms with van der Waals surface area (Å²) in [5, 5.41) is 0. The molecule has 0 atom stereocenters. The van der Waals surface area contributed by atoms with Gasteiger partial charge in [-0.15, -0.1) is 18.7 Å². The molecule has 0 heterocycles. The fourth-order valence-electron chi connectivity index (χ4n) is 4.31. The Morgan fingerprint density at radius 1 is 0.500 bits per heavy atom. The molecule has 0 aromatic rings. The van der Waals surface area contributed by atoms with Gasteiger partial charge in [-0.25, -0.2) is 0 Å². The SMILES string of the molecule is CCCCN(CC)[P+](N(CC)CCCC)(N(CC)CCCC)N(CCOC)CCOC.[Cl-]. The number of hydrogen-bond acceptors (Lipinski definition) is 6. The van der Waals surface area contributed by atoms with E-state index in [0.29, 0.717) is 0 Å². The summed E-state index contributed by atoms with van der Waals surface area (Å²) in [5.41, 5.74) is 0. The zero-order chi connectivity index (χ0) is 23.5. The van der Waals surface area contributed by atoms with E-state index >= 15 is 0 Å². The second-order valence-corrected chi connectivity index (χ2v) is 11.5. The van der Waals surface area contributed by atoms with E-state index in [1.165, 1.54) is 38.5 Å². The Balaban J connectivity index is 0. The van der Waals surface area contributed by atoms with E-state index in [4.69, 9.17) is 9.47 Å². The summed E-state index contributed by atoms with van der Waals surface area (Å²) < 4.78 is 22.5. The maximum atomic E-state index is 5.61. The maximum Gasteiger partial charge on any atom is 0.308 e. The summed E-state index contributed by atoms with van der Waals surface area (Å²) in [6.07, 6.45) is 7.43. The van der Waals surface area contributed by atoms with E-state index in [0.717, 1.165) is 65.6 Å². The van der Waals surface area contributed by atoms with Crippen molar-refractivity contribution < 1.29 is 21.9 Å². The van der Waals surface area contributed by atoms with Gasteiger partial charge in [0, 0.05) is 53.5 Å². The summed E-state index contributed by atoms with van der Waals surface area (Å²) in [4.78, 5) is 0. The Labute approximate surface area is 208 Å². The standard InChI is InChI=1S/C24H56N4O2P.ClH/c1-9-15-18-25(12-4)31(26(13-5)19-16-10-2,27(14-6)20-17-11-3)28(21-23-29-7)22-24-30-8;/h9-24H2,1-8H3;1H/q+1;/p-1. The molecular formula is C24H56ClN4O2P. The molecule has 0 aromatic heterocycles. The van der Waals surface area contributed by atoms with Crippen molar-refractivity contribution in [3.63, 3.8) is 0 Å². The van der Waals surface area contributed by atoms with Gasteiger partial charge in [0.1, 0.15) is 0 Å². The van der Waals surface area contributed by atoms with Crippen LogP contribution in [0.15, 0.2) is 0 Å². The van der Waals surface area contributed by atoms with E-state index in [1.54, 1.807) is 0 Å². The average molecular weight is 499 g/mol. The molecule has 32 heavy (non-hydrogen) atoms. The Morgan fingerprint density at radius 3 is 1.03 bits per heavy atom. The molecule has 0 amide bonds. The molecule has 196 valence electrons. The van der Waals surface area contributed by atoms with Gasteiger partial charge in [-0.2, -0.15) is 0 Å². The fourth-order valence-corrected chi connectivity index (χ4v) is 9.53. The number of hydrogen-bond donors (Lipinski definition) is 0. The number of ether oxygens (including phenoxy) is 2. The first kappa shape index (κ1) is 34.6. The summed E-state index contributed by atoms with van der Waals surface area (Å²) in [6, 6.07) is 0. The smallest absolute Gasteiger partial charge is 0.308 e. The molecule has 0 rings (SSSR count). The van der Waals surface area contributed by atoms with Gasteiger partial charge in [0.05, 0.1) is 26.3 Å². The number of methoxy groups -OCH3 is 2. The van der Waals surface area contributed by atoms with Crippen LogP contribution in [0.4, 0.5) is 0 Å². The first-order chi connectivity index (χ1) is 15.1. The fraction of sp³-hybridized carbons (Fsp3) is 1.00. The highest BCUT2D eigenvalue weighted by Crippen LogP contribution is 2.70. The molecule has 0 saturated heterocycles. The third kappa shape index (κ3) is 10.4.